The molecule has 14 nitrogen and oxygen atoms in total. The third-order valence-corrected chi connectivity index (χ3v) is 4.13. The molecule has 2 aliphatic rings. The second kappa shape index (κ2) is 11.2. The zero-order chi connectivity index (χ0) is 21.6. The number of carboxylic acid groups (broad SMARTS) is 1. The number of carboxylic acids is 1. The van der Waals surface area contributed by atoms with Gasteiger partial charge in [0.05, 0.1) is 19.8 Å². The molecule has 28 heavy (non-hydrogen) atoms. The van der Waals surface area contributed by atoms with Crippen LogP contribution in [0.5, 0.6) is 0 Å². The van der Waals surface area contributed by atoms with E-state index in [9.17, 15) is 40.5 Å². The molecule has 0 unspecified atom stereocenters. The molecule has 0 aliphatic carbocycles. The van der Waals surface area contributed by atoms with Gasteiger partial charge in [-0.1, -0.05) is 0 Å². The van der Waals surface area contributed by atoms with Gasteiger partial charge >= 0.3 is 5.97 Å². The largest absolute Gasteiger partial charge is 0.480 e. The van der Waals surface area contributed by atoms with Crippen LogP contribution in [0.2, 0.25) is 0 Å². The summed E-state index contributed by atoms with van der Waals surface area (Å²) in [6.07, 6.45) is -15.3. The third-order valence-electron chi connectivity index (χ3n) is 4.13. The summed E-state index contributed by atoms with van der Waals surface area (Å²) >= 11 is 0. The van der Waals surface area contributed by atoms with E-state index in [0.717, 1.165) is 0 Å². The maximum absolute atomic E-state index is 9.78. The summed E-state index contributed by atoms with van der Waals surface area (Å²) in [4.78, 5) is 9.24. The molecular weight excluding hydrogens is 390 g/mol. The summed E-state index contributed by atoms with van der Waals surface area (Å²) in [6, 6.07) is 0. The topological polar surface area (TPSA) is 253 Å². The Bertz CT molecular complexity index is 480. The Kier molecular flexibility index (Phi) is 10.1. The van der Waals surface area contributed by atoms with Gasteiger partial charge in [-0.15, -0.1) is 0 Å². The minimum atomic E-state index is -1.74. The van der Waals surface area contributed by atoms with Crippen LogP contribution in [-0.2, 0) is 19.0 Å². The van der Waals surface area contributed by atoms with E-state index >= 15 is 0 Å². The van der Waals surface area contributed by atoms with Gasteiger partial charge in [0.25, 0.3) is 0 Å². The smallest absolute Gasteiger partial charge is 0.317 e. The first kappa shape index (κ1) is 25.0. The molecule has 2 fully saturated rings. The monoisotopic (exact) mass is 417 g/mol. The van der Waals surface area contributed by atoms with Crippen molar-refractivity contribution in [3.05, 3.63) is 0 Å². The maximum Gasteiger partial charge on any atom is 0.317 e. The molecule has 0 aromatic heterocycles. The van der Waals surface area contributed by atoms with Gasteiger partial charge in [-0.3, -0.25) is 4.79 Å². The Morgan fingerprint density at radius 1 is 0.821 bits per heavy atom. The minimum absolute atomic E-state index is 0.278. The summed E-state index contributed by atoms with van der Waals surface area (Å²) in [5, 5.41) is 83.7. The summed E-state index contributed by atoms with van der Waals surface area (Å²) in [7, 11) is 0. The highest BCUT2D eigenvalue weighted by Crippen LogP contribution is 2.24. The van der Waals surface area contributed by atoms with E-state index in [1.807, 2.05) is 0 Å². The van der Waals surface area contributed by atoms with Crippen molar-refractivity contribution >= 4 is 5.97 Å². The number of hydrogen-bond acceptors (Lipinski definition) is 13. The van der Waals surface area contributed by atoms with Crippen LogP contribution >= 0.6 is 0 Å². The first-order valence-corrected chi connectivity index (χ1v) is 8.26. The molecule has 11 N–H and O–H groups in total. The van der Waals surface area contributed by atoms with Crippen LogP contribution in [0.1, 0.15) is 0 Å². The quantitative estimate of drug-likeness (QED) is 0.200. The standard InChI is InChI=1S/C12H22O11.C2H5NO2/c13-1-3-5(14)8(17)10(19)12(23-3)21-2-4-6(15)7(16)9(18)11(20)22-4;3-1-2(4)5/h3-20H,1-2H2;1,3H2,(H,4,5)/t3-,4-,5+,6-,7+,8+,9-,10-,11-,12+;/m1./s1. The van der Waals surface area contributed by atoms with Crippen LogP contribution < -0.4 is 5.73 Å². The van der Waals surface area contributed by atoms with Gasteiger partial charge in [-0.25, -0.2) is 0 Å². The molecule has 0 amide bonds. The van der Waals surface area contributed by atoms with Gasteiger partial charge < -0.3 is 65.9 Å². The fourth-order valence-corrected chi connectivity index (χ4v) is 2.46. The van der Waals surface area contributed by atoms with Crippen LogP contribution in [0, 0.1) is 0 Å². The number of carbonyl (C=O) groups is 1. The lowest BCUT2D eigenvalue weighted by atomic mass is 9.98. The second-order valence-corrected chi connectivity index (χ2v) is 6.17. The Hall–Kier alpha value is -1.01. The fourth-order valence-electron chi connectivity index (χ4n) is 2.46. The second-order valence-electron chi connectivity index (χ2n) is 6.17. The normalized spacial score (nSPS) is 43.8. The molecule has 2 aliphatic heterocycles. The average molecular weight is 417 g/mol. The summed E-state index contributed by atoms with van der Waals surface area (Å²) in [5.41, 5.74) is 4.57. The van der Waals surface area contributed by atoms with E-state index < -0.39 is 80.6 Å². The molecule has 10 atom stereocenters. The lowest BCUT2D eigenvalue weighted by Gasteiger charge is -2.41. The molecule has 0 radical (unpaired) electrons. The number of hydrogen-bond donors (Lipinski definition) is 10. The van der Waals surface area contributed by atoms with Crippen molar-refractivity contribution in [2.45, 2.75) is 61.4 Å². The highest BCUT2D eigenvalue weighted by atomic mass is 16.7. The van der Waals surface area contributed by atoms with E-state index in [4.69, 9.17) is 24.4 Å². The molecule has 14 heteroatoms. The molecule has 2 heterocycles. The summed E-state index contributed by atoms with van der Waals surface area (Å²) < 4.78 is 15.1. The Morgan fingerprint density at radius 2 is 1.32 bits per heavy atom. The zero-order valence-corrected chi connectivity index (χ0v) is 14.6. The number of aliphatic carboxylic acids is 1. The Balaban J connectivity index is 0.000000696. The van der Waals surface area contributed by atoms with Crippen molar-refractivity contribution in [1.29, 1.82) is 0 Å². The molecule has 0 aromatic carbocycles. The molecule has 0 spiro atoms. The van der Waals surface area contributed by atoms with Crippen molar-refractivity contribution in [3.63, 3.8) is 0 Å². The van der Waals surface area contributed by atoms with E-state index in [-0.39, 0.29) is 6.54 Å². The number of aliphatic hydroxyl groups is 8. The van der Waals surface area contributed by atoms with Crippen LogP contribution in [0.15, 0.2) is 0 Å². The van der Waals surface area contributed by atoms with Crippen molar-refractivity contribution in [1.82, 2.24) is 0 Å². The Morgan fingerprint density at radius 3 is 1.82 bits per heavy atom. The van der Waals surface area contributed by atoms with Crippen LogP contribution in [-0.4, -0.2) is 133 Å². The van der Waals surface area contributed by atoms with E-state index in [1.54, 1.807) is 0 Å². The number of rotatable bonds is 5. The first-order chi connectivity index (χ1) is 13.0. The van der Waals surface area contributed by atoms with Crippen molar-refractivity contribution in [2.75, 3.05) is 19.8 Å². The first-order valence-electron chi connectivity index (χ1n) is 8.26. The van der Waals surface area contributed by atoms with Crippen LogP contribution in [0.3, 0.4) is 0 Å². The zero-order valence-electron chi connectivity index (χ0n) is 14.6. The van der Waals surface area contributed by atoms with Crippen molar-refractivity contribution < 1.29 is 65.0 Å². The molecule has 2 rings (SSSR count). The van der Waals surface area contributed by atoms with Gasteiger partial charge in [0.2, 0.25) is 0 Å². The minimum Gasteiger partial charge on any atom is -0.480 e. The molecule has 0 bridgehead atoms. The highest BCUT2D eigenvalue weighted by molar-refractivity contribution is 5.68. The Labute approximate surface area is 158 Å². The van der Waals surface area contributed by atoms with Gasteiger partial charge in [0.15, 0.2) is 12.6 Å². The number of ether oxygens (including phenoxy) is 3. The van der Waals surface area contributed by atoms with E-state index in [2.05, 4.69) is 5.73 Å². The number of aliphatic hydroxyl groups excluding tert-OH is 8. The van der Waals surface area contributed by atoms with Gasteiger partial charge in [-0.2, -0.15) is 0 Å². The van der Waals surface area contributed by atoms with Gasteiger partial charge in [-0.05, 0) is 0 Å². The molecule has 166 valence electrons. The average Bonchev–Trinajstić information content (AvgIpc) is 2.68. The van der Waals surface area contributed by atoms with Gasteiger partial charge in [0, 0.05) is 0 Å². The lowest BCUT2D eigenvalue weighted by molar-refractivity contribution is -0.325. The fraction of sp³-hybridized carbons (Fsp3) is 0.929. The lowest BCUT2D eigenvalue weighted by Crippen LogP contribution is -2.61. The van der Waals surface area contributed by atoms with Crippen LogP contribution in [0.25, 0.3) is 0 Å². The van der Waals surface area contributed by atoms with Crippen molar-refractivity contribution in [3.8, 4) is 0 Å². The molecule has 0 saturated carbocycles. The van der Waals surface area contributed by atoms with E-state index in [1.165, 1.54) is 0 Å². The SMILES string of the molecule is NCC(=O)O.OC[C@H]1O[C@H](OC[C@H]2O[C@@H](O)[C@H](O)[C@@H](O)[C@@H]2O)[C@H](O)[C@@H](O)[C@H]1O. The molecule has 0 aromatic rings. The molecule has 2 saturated heterocycles. The summed E-state index contributed by atoms with van der Waals surface area (Å²) in [5.74, 6) is -0.968. The number of nitrogens with two attached hydrogens (primary N) is 1. The third kappa shape index (κ3) is 6.24. The predicted molar refractivity (Wildman–Crippen MR) is 85.3 cm³/mol. The highest BCUT2D eigenvalue weighted by Gasteiger charge is 2.46. The van der Waals surface area contributed by atoms with Crippen LogP contribution in [0.4, 0.5) is 0 Å². The molecular formula is C14H27NO13. The van der Waals surface area contributed by atoms with Gasteiger partial charge in [0.1, 0.15) is 48.8 Å². The maximum atomic E-state index is 9.78. The van der Waals surface area contributed by atoms with Crippen molar-refractivity contribution in [2.24, 2.45) is 5.73 Å². The predicted octanol–water partition coefficient (Wildman–Crippen LogP) is -6.37. The summed E-state index contributed by atoms with van der Waals surface area (Å²) in [6.45, 7) is -1.37. The van der Waals surface area contributed by atoms with E-state index in [0.29, 0.717) is 0 Å².